The van der Waals surface area contributed by atoms with Crippen molar-refractivity contribution in [3.63, 3.8) is 0 Å². The third-order valence-corrected chi connectivity index (χ3v) is 2.47. The molecule has 5 heteroatoms. The Hall–Kier alpha value is -0.710. The van der Waals surface area contributed by atoms with Gasteiger partial charge in [-0.1, -0.05) is 11.6 Å². The molecule has 0 saturated heterocycles. The first-order valence-electron chi connectivity index (χ1n) is 5.39. The second-order valence-corrected chi connectivity index (χ2v) is 4.63. The van der Waals surface area contributed by atoms with Gasteiger partial charge in [0.05, 0.1) is 5.69 Å². The van der Waals surface area contributed by atoms with Gasteiger partial charge in [0.1, 0.15) is 0 Å². The average Bonchev–Trinajstić information content (AvgIpc) is 2.21. The van der Waals surface area contributed by atoms with Crippen LogP contribution in [0.4, 0.5) is 0 Å². The quantitative estimate of drug-likeness (QED) is 0.757. The summed E-state index contributed by atoms with van der Waals surface area (Å²) in [5.41, 5.74) is 0.955. The largest absolute Gasteiger partial charge is 0.309 e. The van der Waals surface area contributed by atoms with E-state index in [1.807, 2.05) is 6.07 Å². The van der Waals surface area contributed by atoms with Crippen LogP contribution in [0.5, 0.6) is 0 Å². The van der Waals surface area contributed by atoms with Crippen molar-refractivity contribution in [2.45, 2.75) is 13.0 Å². The average molecular weight is 243 g/mol. The molecule has 4 nitrogen and oxygen atoms in total. The van der Waals surface area contributed by atoms with Gasteiger partial charge in [-0.3, -0.25) is 0 Å². The number of nitrogens with zero attached hydrogens (tertiary/aromatic N) is 4. The Balaban J connectivity index is 2.28. The van der Waals surface area contributed by atoms with Crippen LogP contribution in [0, 0.1) is 0 Å². The van der Waals surface area contributed by atoms with Crippen LogP contribution in [-0.4, -0.2) is 54.2 Å². The van der Waals surface area contributed by atoms with Gasteiger partial charge in [0.15, 0.2) is 5.15 Å². The van der Waals surface area contributed by atoms with Gasteiger partial charge >= 0.3 is 0 Å². The first-order chi connectivity index (χ1) is 7.58. The predicted molar refractivity (Wildman–Crippen MR) is 66.5 cm³/mol. The van der Waals surface area contributed by atoms with Crippen LogP contribution in [0.2, 0.25) is 5.15 Å². The molecular formula is C11H19ClN4. The van der Waals surface area contributed by atoms with E-state index < -0.39 is 0 Å². The fourth-order valence-corrected chi connectivity index (χ4v) is 1.54. The highest BCUT2D eigenvalue weighted by atomic mass is 35.5. The maximum Gasteiger partial charge on any atom is 0.151 e. The standard InChI is InChI=1S/C11H19ClN4/c1-15(2)7-4-8-16(3)9-10-5-6-11(12)14-13-10/h5-6H,4,7-9H2,1-3H3. The van der Waals surface area contributed by atoms with Crippen LogP contribution < -0.4 is 0 Å². The summed E-state index contributed by atoms with van der Waals surface area (Å²) >= 11 is 5.67. The molecular weight excluding hydrogens is 224 g/mol. The Morgan fingerprint density at radius 1 is 1.12 bits per heavy atom. The summed E-state index contributed by atoms with van der Waals surface area (Å²) in [4.78, 5) is 4.43. The number of halogens is 1. The van der Waals surface area contributed by atoms with Gasteiger partial charge in [-0.05, 0) is 52.8 Å². The van der Waals surface area contributed by atoms with Crippen LogP contribution in [0.15, 0.2) is 12.1 Å². The molecule has 1 aromatic rings. The predicted octanol–water partition coefficient (Wildman–Crippen LogP) is 1.51. The summed E-state index contributed by atoms with van der Waals surface area (Å²) in [7, 11) is 6.27. The first kappa shape index (κ1) is 13.4. The Labute approximate surface area is 102 Å². The van der Waals surface area contributed by atoms with Crippen molar-refractivity contribution in [3.8, 4) is 0 Å². The number of aromatic nitrogens is 2. The lowest BCUT2D eigenvalue weighted by Gasteiger charge is -2.17. The second kappa shape index (κ2) is 6.78. The zero-order valence-corrected chi connectivity index (χ0v) is 10.9. The molecule has 0 aromatic carbocycles. The molecule has 16 heavy (non-hydrogen) atoms. The number of hydrogen-bond acceptors (Lipinski definition) is 4. The molecule has 0 amide bonds. The lowest BCUT2D eigenvalue weighted by atomic mass is 10.3. The van der Waals surface area contributed by atoms with Crippen LogP contribution in [0.3, 0.4) is 0 Å². The molecule has 90 valence electrons. The van der Waals surface area contributed by atoms with Gasteiger partial charge in [0.25, 0.3) is 0 Å². The van der Waals surface area contributed by atoms with E-state index >= 15 is 0 Å². The molecule has 0 aliphatic heterocycles. The Bertz CT molecular complexity index is 299. The topological polar surface area (TPSA) is 32.3 Å². The minimum Gasteiger partial charge on any atom is -0.309 e. The molecule has 1 heterocycles. The van der Waals surface area contributed by atoms with Gasteiger partial charge in [0, 0.05) is 6.54 Å². The third kappa shape index (κ3) is 5.39. The highest BCUT2D eigenvalue weighted by Gasteiger charge is 2.02. The summed E-state index contributed by atoms with van der Waals surface area (Å²) in [5.74, 6) is 0. The van der Waals surface area contributed by atoms with Gasteiger partial charge < -0.3 is 9.80 Å². The lowest BCUT2D eigenvalue weighted by Crippen LogP contribution is -2.23. The molecule has 0 fully saturated rings. The normalized spacial score (nSPS) is 11.4. The zero-order valence-electron chi connectivity index (χ0n) is 10.1. The SMILES string of the molecule is CN(C)CCCN(C)Cc1ccc(Cl)nn1. The van der Waals surface area contributed by atoms with Crippen LogP contribution >= 0.6 is 11.6 Å². The van der Waals surface area contributed by atoms with Crippen molar-refractivity contribution in [1.29, 1.82) is 0 Å². The van der Waals surface area contributed by atoms with Crippen LogP contribution in [0.1, 0.15) is 12.1 Å². The number of hydrogen-bond donors (Lipinski definition) is 0. The molecule has 0 aliphatic rings. The summed E-state index contributed by atoms with van der Waals surface area (Å²) in [6, 6.07) is 3.69. The van der Waals surface area contributed by atoms with E-state index in [0.29, 0.717) is 5.15 Å². The highest BCUT2D eigenvalue weighted by molar-refractivity contribution is 6.29. The molecule has 1 aromatic heterocycles. The fraction of sp³-hybridized carbons (Fsp3) is 0.636. The Morgan fingerprint density at radius 2 is 1.88 bits per heavy atom. The van der Waals surface area contributed by atoms with E-state index in [1.165, 1.54) is 0 Å². The molecule has 1 rings (SSSR count). The lowest BCUT2D eigenvalue weighted by molar-refractivity contribution is 0.291. The minimum atomic E-state index is 0.444. The van der Waals surface area contributed by atoms with E-state index in [4.69, 9.17) is 11.6 Å². The molecule has 0 spiro atoms. The van der Waals surface area contributed by atoms with Crippen molar-refractivity contribution in [2.24, 2.45) is 0 Å². The number of rotatable bonds is 6. The summed E-state index contributed by atoms with van der Waals surface area (Å²) in [5, 5.41) is 8.29. The maximum absolute atomic E-state index is 5.67. The first-order valence-corrected chi connectivity index (χ1v) is 5.77. The van der Waals surface area contributed by atoms with Crippen LogP contribution in [-0.2, 0) is 6.54 Å². The molecule has 0 bridgehead atoms. The Morgan fingerprint density at radius 3 is 2.44 bits per heavy atom. The van der Waals surface area contributed by atoms with E-state index in [0.717, 1.165) is 31.7 Å². The van der Waals surface area contributed by atoms with E-state index in [-0.39, 0.29) is 0 Å². The van der Waals surface area contributed by atoms with E-state index in [9.17, 15) is 0 Å². The summed E-state index contributed by atoms with van der Waals surface area (Å²) < 4.78 is 0. The van der Waals surface area contributed by atoms with Crippen molar-refractivity contribution in [2.75, 3.05) is 34.2 Å². The van der Waals surface area contributed by atoms with Gasteiger partial charge in [0.2, 0.25) is 0 Å². The maximum atomic E-state index is 5.67. The fourth-order valence-electron chi connectivity index (χ4n) is 1.44. The molecule has 0 unspecified atom stereocenters. The van der Waals surface area contributed by atoms with Crippen molar-refractivity contribution < 1.29 is 0 Å². The van der Waals surface area contributed by atoms with Crippen molar-refractivity contribution >= 4 is 11.6 Å². The highest BCUT2D eigenvalue weighted by Crippen LogP contribution is 2.04. The van der Waals surface area contributed by atoms with Gasteiger partial charge in [-0.15, -0.1) is 5.10 Å². The minimum absolute atomic E-state index is 0.444. The Kier molecular flexibility index (Phi) is 5.66. The zero-order chi connectivity index (χ0) is 12.0. The van der Waals surface area contributed by atoms with E-state index in [1.54, 1.807) is 6.07 Å². The molecule has 0 atom stereocenters. The van der Waals surface area contributed by atoms with Crippen molar-refractivity contribution in [1.82, 2.24) is 20.0 Å². The van der Waals surface area contributed by atoms with Crippen LogP contribution in [0.25, 0.3) is 0 Å². The molecule has 0 saturated carbocycles. The smallest absolute Gasteiger partial charge is 0.151 e. The van der Waals surface area contributed by atoms with E-state index in [2.05, 4.69) is 41.1 Å². The van der Waals surface area contributed by atoms with Gasteiger partial charge in [-0.2, -0.15) is 5.10 Å². The molecule has 0 N–H and O–H groups in total. The van der Waals surface area contributed by atoms with Gasteiger partial charge in [-0.25, -0.2) is 0 Å². The molecule has 0 aliphatic carbocycles. The molecule has 0 radical (unpaired) electrons. The monoisotopic (exact) mass is 242 g/mol. The summed E-state index contributed by atoms with van der Waals surface area (Å²) in [6.07, 6.45) is 1.16. The van der Waals surface area contributed by atoms with Crippen molar-refractivity contribution in [3.05, 3.63) is 23.0 Å². The third-order valence-electron chi connectivity index (χ3n) is 2.26. The second-order valence-electron chi connectivity index (χ2n) is 4.24. The summed E-state index contributed by atoms with van der Waals surface area (Å²) in [6.45, 7) is 2.98.